The van der Waals surface area contributed by atoms with Gasteiger partial charge in [-0.15, -0.1) is 0 Å². The van der Waals surface area contributed by atoms with Gasteiger partial charge in [0.1, 0.15) is 6.07 Å². The van der Waals surface area contributed by atoms with E-state index in [0.29, 0.717) is 17.7 Å². The third-order valence-electron chi connectivity index (χ3n) is 4.68. The summed E-state index contributed by atoms with van der Waals surface area (Å²) in [6.45, 7) is 3.65. The van der Waals surface area contributed by atoms with E-state index in [1.165, 1.54) is 0 Å². The molecule has 4 aromatic rings. The average molecular weight is 383 g/mol. The molecular formula is C21H17N7O. The Bertz CT molecular complexity index is 1290. The van der Waals surface area contributed by atoms with Crippen LogP contribution in [0.25, 0.3) is 22.2 Å². The summed E-state index contributed by atoms with van der Waals surface area (Å²) in [5.74, 6) is -0.603. The number of hydrogen-bond acceptors (Lipinski definition) is 5. The van der Waals surface area contributed by atoms with Crippen LogP contribution in [0.5, 0.6) is 0 Å². The summed E-state index contributed by atoms with van der Waals surface area (Å²) in [6, 6.07) is 7.81. The molecule has 0 atom stereocenters. The Balaban J connectivity index is 1.77. The van der Waals surface area contributed by atoms with E-state index in [2.05, 4.69) is 27.8 Å². The third kappa shape index (κ3) is 3.37. The van der Waals surface area contributed by atoms with E-state index in [-0.39, 0.29) is 5.57 Å². The van der Waals surface area contributed by atoms with Crippen LogP contribution in [-0.2, 0) is 18.3 Å². The second kappa shape index (κ2) is 7.05. The van der Waals surface area contributed by atoms with Crippen molar-refractivity contribution in [3.8, 4) is 17.2 Å². The monoisotopic (exact) mass is 383 g/mol. The predicted molar refractivity (Wildman–Crippen MR) is 107 cm³/mol. The van der Waals surface area contributed by atoms with Gasteiger partial charge >= 0.3 is 0 Å². The van der Waals surface area contributed by atoms with E-state index in [0.717, 1.165) is 27.8 Å². The molecule has 0 radical (unpaired) electrons. The van der Waals surface area contributed by atoms with Gasteiger partial charge in [-0.2, -0.15) is 15.5 Å². The van der Waals surface area contributed by atoms with Gasteiger partial charge in [0.05, 0.1) is 34.7 Å². The Morgan fingerprint density at radius 1 is 1.21 bits per heavy atom. The van der Waals surface area contributed by atoms with E-state index < -0.39 is 5.91 Å². The minimum Gasteiger partial charge on any atom is -0.366 e. The molecule has 0 spiro atoms. The molecule has 0 aliphatic carbocycles. The van der Waals surface area contributed by atoms with Crippen LogP contribution in [0.4, 0.5) is 0 Å². The fourth-order valence-electron chi connectivity index (χ4n) is 3.20. The second-order valence-corrected chi connectivity index (χ2v) is 6.69. The molecule has 0 bridgehead atoms. The zero-order chi connectivity index (χ0) is 20.5. The van der Waals surface area contributed by atoms with E-state index in [1.54, 1.807) is 33.9 Å². The highest BCUT2D eigenvalue weighted by Crippen LogP contribution is 2.26. The molecule has 0 aliphatic rings. The summed E-state index contributed by atoms with van der Waals surface area (Å²) >= 11 is 0. The van der Waals surface area contributed by atoms with Crippen molar-refractivity contribution in [1.82, 2.24) is 24.4 Å². The SMILES string of the molecule is C=C(C(N)=O)c1ccc(Cc2cc(-c3cnn(C)c3)cn3ncc(C#N)c23)cn1. The first kappa shape index (κ1) is 18.1. The molecule has 0 aliphatic heterocycles. The van der Waals surface area contributed by atoms with Gasteiger partial charge in [0, 0.05) is 43.2 Å². The molecule has 4 rings (SSSR count). The Hall–Kier alpha value is -4.25. The van der Waals surface area contributed by atoms with Crippen LogP contribution in [0.3, 0.4) is 0 Å². The molecule has 8 heteroatoms. The molecule has 1 amide bonds. The highest BCUT2D eigenvalue weighted by molar-refractivity contribution is 6.17. The van der Waals surface area contributed by atoms with Gasteiger partial charge in [0.15, 0.2) is 0 Å². The Morgan fingerprint density at radius 3 is 2.66 bits per heavy atom. The van der Waals surface area contributed by atoms with Crippen molar-refractivity contribution in [2.75, 3.05) is 0 Å². The maximum atomic E-state index is 11.3. The van der Waals surface area contributed by atoms with Crippen LogP contribution < -0.4 is 5.73 Å². The number of aryl methyl sites for hydroxylation is 1. The number of nitriles is 1. The third-order valence-corrected chi connectivity index (χ3v) is 4.68. The van der Waals surface area contributed by atoms with Gasteiger partial charge < -0.3 is 5.73 Å². The summed E-state index contributed by atoms with van der Waals surface area (Å²) < 4.78 is 3.45. The number of fused-ring (bicyclic) bond motifs is 1. The Kier molecular flexibility index (Phi) is 4.41. The van der Waals surface area contributed by atoms with Crippen molar-refractivity contribution in [3.63, 3.8) is 0 Å². The Morgan fingerprint density at radius 2 is 2.03 bits per heavy atom. The molecule has 0 fully saturated rings. The zero-order valence-electron chi connectivity index (χ0n) is 15.7. The second-order valence-electron chi connectivity index (χ2n) is 6.69. The zero-order valence-corrected chi connectivity index (χ0v) is 15.7. The minimum atomic E-state index is -0.603. The molecule has 4 heterocycles. The standard InChI is InChI=1S/C21H17N7O/c1-13(21(23)29)19-4-3-14(8-24-19)5-15-6-16(18-10-25-27(2)11-18)12-28-20(15)17(7-22)9-26-28/h3-4,6,8-12H,1,5H2,2H3,(H2,23,29). The molecule has 0 saturated heterocycles. The van der Waals surface area contributed by atoms with Gasteiger partial charge in [-0.3, -0.25) is 14.5 Å². The van der Waals surface area contributed by atoms with E-state index in [9.17, 15) is 10.1 Å². The normalized spacial score (nSPS) is 10.8. The molecule has 0 unspecified atom stereocenters. The van der Waals surface area contributed by atoms with Crippen LogP contribution in [0.15, 0.2) is 55.8 Å². The highest BCUT2D eigenvalue weighted by atomic mass is 16.1. The molecule has 8 nitrogen and oxygen atoms in total. The summed E-state index contributed by atoms with van der Waals surface area (Å²) in [6.07, 6.45) is 9.36. The molecule has 29 heavy (non-hydrogen) atoms. The number of carbonyl (C=O) groups excluding carboxylic acids is 1. The summed E-state index contributed by atoms with van der Waals surface area (Å²) in [4.78, 5) is 15.6. The number of carbonyl (C=O) groups is 1. The molecule has 0 saturated carbocycles. The first-order chi connectivity index (χ1) is 14.0. The Labute approximate surface area is 166 Å². The first-order valence-corrected chi connectivity index (χ1v) is 8.79. The van der Waals surface area contributed by atoms with Crippen molar-refractivity contribution < 1.29 is 4.79 Å². The lowest BCUT2D eigenvalue weighted by Gasteiger charge is -2.09. The van der Waals surface area contributed by atoms with E-state index in [1.807, 2.05) is 31.6 Å². The number of rotatable bonds is 5. The molecule has 4 aromatic heterocycles. The average Bonchev–Trinajstić information content (AvgIpc) is 3.34. The van der Waals surface area contributed by atoms with Gasteiger partial charge in [0.25, 0.3) is 0 Å². The summed E-state index contributed by atoms with van der Waals surface area (Å²) in [5.41, 5.74) is 10.9. The number of pyridine rings is 2. The number of nitrogens with zero attached hydrogens (tertiary/aromatic N) is 6. The van der Waals surface area contributed by atoms with Gasteiger partial charge in [-0.25, -0.2) is 4.52 Å². The van der Waals surface area contributed by atoms with Crippen LogP contribution >= 0.6 is 0 Å². The fraction of sp³-hybridized carbons (Fsp3) is 0.0952. The fourth-order valence-corrected chi connectivity index (χ4v) is 3.20. The van der Waals surface area contributed by atoms with Crippen molar-refractivity contribution in [2.45, 2.75) is 6.42 Å². The minimum absolute atomic E-state index is 0.167. The number of nitrogens with two attached hydrogens (primary N) is 1. The molecular weight excluding hydrogens is 366 g/mol. The molecule has 142 valence electrons. The summed E-state index contributed by atoms with van der Waals surface area (Å²) in [7, 11) is 1.86. The van der Waals surface area contributed by atoms with Gasteiger partial charge in [0.2, 0.25) is 5.91 Å². The van der Waals surface area contributed by atoms with Crippen LogP contribution in [-0.4, -0.2) is 30.3 Å². The van der Waals surface area contributed by atoms with Crippen molar-refractivity contribution in [3.05, 3.63) is 78.1 Å². The largest absolute Gasteiger partial charge is 0.366 e. The maximum Gasteiger partial charge on any atom is 0.250 e. The van der Waals surface area contributed by atoms with E-state index >= 15 is 0 Å². The van der Waals surface area contributed by atoms with Gasteiger partial charge in [-0.05, 0) is 23.3 Å². The van der Waals surface area contributed by atoms with Crippen LogP contribution in [0, 0.1) is 11.3 Å². The lowest BCUT2D eigenvalue weighted by Crippen LogP contribution is -2.12. The lowest BCUT2D eigenvalue weighted by atomic mass is 10.0. The molecule has 2 N–H and O–H groups in total. The van der Waals surface area contributed by atoms with E-state index in [4.69, 9.17) is 5.73 Å². The topological polar surface area (TPSA) is 115 Å². The predicted octanol–water partition coefficient (Wildman–Crippen LogP) is 2.09. The van der Waals surface area contributed by atoms with Crippen molar-refractivity contribution >= 4 is 17.0 Å². The number of amides is 1. The smallest absolute Gasteiger partial charge is 0.250 e. The first-order valence-electron chi connectivity index (χ1n) is 8.79. The quantitative estimate of drug-likeness (QED) is 0.530. The van der Waals surface area contributed by atoms with Gasteiger partial charge in [-0.1, -0.05) is 12.6 Å². The number of hydrogen-bond donors (Lipinski definition) is 1. The van der Waals surface area contributed by atoms with Crippen LogP contribution in [0.2, 0.25) is 0 Å². The maximum absolute atomic E-state index is 11.3. The molecule has 0 aromatic carbocycles. The lowest BCUT2D eigenvalue weighted by molar-refractivity contribution is -0.112. The number of primary amides is 1. The number of aromatic nitrogens is 5. The summed E-state index contributed by atoms with van der Waals surface area (Å²) in [5, 5.41) is 18.0. The highest BCUT2D eigenvalue weighted by Gasteiger charge is 2.14. The van der Waals surface area contributed by atoms with Crippen LogP contribution in [0.1, 0.15) is 22.4 Å². The van der Waals surface area contributed by atoms with Crippen molar-refractivity contribution in [2.24, 2.45) is 12.8 Å². The van der Waals surface area contributed by atoms with Crippen molar-refractivity contribution in [1.29, 1.82) is 5.26 Å².